The van der Waals surface area contributed by atoms with E-state index in [0.717, 1.165) is 23.9 Å². The Hall–Kier alpha value is -1.06. The number of hydrogen-bond acceptors (Lipinski definition) is 3. The van der Waals surface area contributed by atoms with Crippen LogP contribution in [-0.2, 0) is 0 Å². The molecular formula is C13H20N2O. The van der Waals surface area contributed by atoms with Gasteiger partial charge in [0.2, 0.25) is 0 Å². The minimum atomic E-state index is 0.0701. The van der Waals surface area contributed by atoms with Gasteiger partial charge in [-0.25, -0.2) is 0 Å². The van der Waals surface area contributed by atoms with Crippen molar-refractivity contribution in [2.75, 3.05) is 20.7 Å². The Morgan fingerprint density at radius 1 is 1.50 bits per heavy atom. The summed E-state index contributed by atoms with van der Waals surface area (Å²) in [4.78, 5) is 2.35. The summed E-state index contributed by atoms with van der Waals surface area (Å²) in [6, 6.07) is 8.85. The lowest BCUT2D eigenvalue weighted by Crippen LogP contribution is -2.30. The fraction of sp³-hybridized carbons (Fsp3) is 0.538. The van der Waals surface area contributed by atoms with Crippen LogP contribution in [0.3, 0.4) is 0 Å². The van der Waals surface area contributed by atoms with Gasteiger partial charge < -0.3 is 15.4 Å². The number of nitrogens with zero attached hydrogens (tertiary/aromatic N) is 1. The molecule has 0 aliphatic heterocycles. The third-order valence-corrected chi connectivity index (χ3v) is 3.18. The van der Waals surface area contributed by atoms with Crippen molar-refractivity contribution in [1.82, 2.24) is 4.90 Å². The van der Waals surface area contributed by atoms with Gasteiger partial charge >= 0.3 is 0 Å². The molecule has 3 nitrogen and oxygen atoms in total. The van der Waals surface area contributed by atoms with Crippen LogP contribution in [0.2, 0.25) is 0 Å². The third kappa shape index (κ3) is 2.74. The van der Waals surface area contributed by atoms with E-state index in [0.29, 0.717) is 0 Å². The van der Waals surface area contributed by atoms with Crippen LogP contribution in [0.15, 0.2) is 24.3 Å². The number of methoxy groups -OCH3 is 1. The van der Waals surface area contributed by atoms with Crippen molar-refractivity contribution < 1.29 is 4.74 Å². The van der Waals surface area contributed by atoms with Gasteiger partial charge in [0.1, 0.15) is 5.75 Å². The van der Waals surface area contributed by atoms with Gasteiger partial charge in [-0.05, 0) is 37.6 Å². The zero-order valence-corrected chi connectivity index (χ0v) is 10.0. The zero-order chi connectivity index (χ0) is 11.5. The lowest BCUT2D eigenvalue weighted by Gasteiger charge is -2.21. The van der Waals surface area contributed by atoms with Crippen LogP contribution in [0.25, 0.3) is 0 Å². The summed E-state index contributed by atoms with van der Waals surface area (Å²) in [7, 11) is 3.83. The quantitative estimate of drug-likeness (QED) is 0.822. The predicted molar refractivity (Wildman–Crippen MR) is 65.6 cm³/mol. The normalized spacial score (nSPS) is 17.5. The van der Waals surface area contributed by atoms with Gasteiger partial charge in [0.15, 0.2) is 0 Å². The molecule has 0 spiro atoms. The molecule has 1 fully saturated rings. The highest BCUT2D eigenvalue weighted by Gasteiger charge is 2.27. The van der Waals surface area contributed by atoms with E-state index >= 15 is 0 Å². The number of benzene rings is 1. The first-order valence-electron chi connectivity index (χ1n) is 5.80. The first kappa shape index (κ1) is 11.4. The minimum Gasteiger partial charge on any atom is -0.497 e. The summed E-state index contributed by atoms with van der Waals surface area (Å²) in [6.07, 6.45) is 2.64. The Bertz CT molecular complexity index is 350. The summed E-state index contributed by atoms with van der Waals surface area (Å²) in [6.45, 7) is 0.915. The fourth-order valence-electron chi connectivity index (χ4n) is 1.95. The lowest BCUT2D eigenvalue weighted by atomic mass is 10.1. The largest absolute Gasteiger partial charge is 0.497 e. The molecule has 2 rings (SSSR count). The highest BCUT2D eigenvalue weighted by atomic mass is 16.5. The molecule has 3 heteroatoms. The predicted octanol–water partition coefficient (Wildman–Crippen LogP) is 1.79. The molecule has 1 aromatic rings. The maximum Gasteiger partial charge on any atom is 0.119 e. The standard InChI is InChI=1S/C13H20N2O/c1-15(11-6-7-11)9-13(14)10-4-3-5-12(8-10)16-2/h3-5,8,11,13H,6-7,9,14H2,1-2H3. The van der Waals surface area contributed by atoms with Crippen LogP contribution in [0.4, 0.5) is 0 Å². The Balaban J connectivity index is 1.98. The molecule has 1 unspecified atom stereocenters. The Kier molecular flexibility index (Phi) is 3.46. The first-order chi connectivity index (χ1) is 7.70. The number of nitrogens with two attached hydrogens (primary N) is 1. The first-order valence-corrected chi connectivity index (χ1v) is 5.80. The maximum atomic E-state index is 6.19. The van der Waals surface area contributed by atoms with Gasteiger partial charge in [-0.15, -0.1) is 0 Å². The molecular weight excluding hydrogens is 200 g/mol. The van der Waals surface area contributed by atoms with Crippen molar-refractivity contribution in [2.24, 2.45) is 5.73 Å². The Labute approximate surface area is 97.2 Å². The van der Waals surface area contributed by atoms with E-state index in [-0.39, 0.29) is 6.04 Å². The maximum absolute atomic E-state index is 6.19. The van der Waals surface area contributed by atoms with Crippen LogP contribution in [0.5, 0.6) is 5.75 Å². The molecule has 16 heavy (non-hydrogen) atoms. The number of likely N-dealkylation sites (N-methyl/N-ethyl adjacent to an activating group) is 1. The fourth-order valence-corrected chi connectivity index (χ4v) is 1.95. The van der Waals surface area contributed by atoms with Crippen LogP contribution < -0.4 is 10.5 Å². The van der Waals surface area contributed by atoms with Crippen LogP contribution in [0, 0.1) is 0 Å². The molecule has 0 heterocycles. The monoisotopic (exact) mass is 220 g/mol. The van der Waals surface area contributed by atoms with Crippen molar-refractivity contribution in [2.45, 2.75) is 24.9 Å². The Morgan fingerprint density at radius 2 is 2.25 bits per heavy atom. The molecule has 0 amide bonds. The summed E-state index contributed by atoms with van der Waals surface area (Å²) in [5.41, 5.74) is 7.33. The summed E-state index contributed by atoms with van der Waals surface area (Å²) in [5, 5.41) is 0. The van der Waals surface area contributed by atoms with Crippen LogP contribution in [0.1, 0.15) is 24.4 Å². The molecule has 1 aliphatic rings. The van der Waals surface area contributed by atoms with Gasteiger partial charge in [-0.3, -0.25) is 0 Å². The van der Waals surface area contributed by atoms with E-state index in [1.165, 1.54) is 12.8 Å². The van der Waals surface area contributed by atoms with Gasteiger partial charge in [0, 0.05) is 18.6 Å². The smallest absolute Gasteiger partial charge is 0.119 e. The highest BCUT2D eigenvalue weighted by Crippen LogP contribution is 2.27. The van der Waals surface area contributed by atoms with Crippen LogP contribution >= 0.6 is 0 Å². The molecule has 1 atom stereocenters. The van der Waals surface area contributed by atoms with E-state index in [2.05, 4.69) is 18.0 Å². The molecule has 2 N–H and O–H groups in total. The SMILES string of the molecule is COc1cccc(C(N)CN(C)C2CC2)c1. The van der Waals surface area contributed by atoms with E-state index < -0.39 is 0 Å². The van der Waals surface area contributed by atoms with E-state index in [4.69, 9.17) is 10.5 Å². The number of hydrogen-bond donors (Lipinski definition) is 1. The van der Waals surface area contributed by atoms with Crippen molar-refractivity contribution in [3.63, 3.8) is 0 Å². The molecule has 1 aromatic carbocycles. The van der Waals surface area contributed by atoms with Crippen molar-refractivity contribution in [3.8, 4) is 5.75 Å². The van der Waals surface area contributed by atoms with Crippen molar-refractivity contribution in [1.29, 1.82) is 0 Å². The average Bonchev–Trinajstić information content (AvgIpc) is 3.13. The van der Waals surface area contributed by atoms with Gasteiger partial charge in [0.05, 0.1) is 7.11 Å². The molecule has 0 radical (unpaired) electrons. The lowest BCUT2D eigenvalue weighted by molar-refractivity contribution is 0.302. The van der Waals surface area contributed by atoms with Gasteiger partial charge in [-0.2, -0.15) is 0 Å². The molecule has 0 saturated heterocycles. The van der Waals surface area contributed by atoms with Gasteiger partial charge in [0.25, 0.3) is 0 Å². The van der Waals surface area contributed by atoms with E-state index in [1.54, 1.807) is 7.11 Å². The number of ether oxygens (including phenoxy) is 1. The molecule has 0 bridgehead atoms. The van der Waals surface area contributed by atoms with E-state index in [1.807, 2.05) is 18.2 Å². The molecule has 0 aromatic heterocycles. The summed E-state index contributed by atoms with van der Waals surface area (Å²) in [5.74, 6) is 0.877. The van der Waals surface area contributed by atoms with Crippen molar-refractivity contribution in [3.05, 3.63) is 29.8 Å². The molecule has 88 valence electrons. The molecule has 1 saturated carbocycles. The topological polar surface area (TPSA) is 38.5 Å². The zero-order valence-electron chi connectivity index (χ0n) is 10.0. The second kappa shape index (κ2) is 4.85. The van der Waals surface area contributed by atoms with Crippen LogP contribution in [-0.4, -0.2) is 31.6 Å². The van der Waals surface area contributed by atoms with Crippen molar-refractivity contribution >= 4 is 0 Å². The number of rotatable bonds is 5. The highest BCUT2D eigenvalue weighted by molar-refractivity contribution is 5.30. The minimum absolute atomic E-state index is 0.0701. The van der Waals surface area contributed by atoms with E-state index in [9.17, 15) is 0 Å². The average molecular weight is 220 g/mol. The summed E-state index contributed by atoms with van der Waals surface area (Å²) < 4.78 is 5.20. The second-order valence-corrected chi connectivity index (χ2v) is 4.55. The Morgan fingerprint density at radius 3 is 2.88 bits per heavy atom. The molecule has 1 aliphatic carbocycles. The summed E-state index contributed by atoms with van der Waals surface area (Å²) >= 11 is 0. The van der Waals surface area contributed by atoms with Gasteiger partial charge in [-0.1, -0.05) is 12.1 Å². The third-order valence-electron chi connectivity index (χ3n) is 3.18. The second-order valence-electron chi connectivity index (χ2n) is 4.55.